The lowest BCUT2D eigenvalue weighted by Gasteiger charge is -2.26. The molecule has 0 aliphatic heterocycles. The highest BCUT2D eigenvalue weighted by Gasteiger charge is 2.21. The molecule has 2 amide bonds. The maximum atomic E-state index is 12.6. The van der Waals surface area contributed by atoms with Crippen molar-refractivity contribution in [3.8, 4) is 5.75 Å². The van der Waals surface area contributed by atoms with Gasteiger partial charge in [-0.15, -0.1) is 0 Å². The van der Waals surface area contributed by atoms with E-state index in [0.29, 0.717) is 17.4 Å². The fraction of sp³-hybridized carbons (Fsp3) is 0.429. The first-order valence-electron chi connectivity index (χ1n) is 9.43. The van der Waals surface area contributed by atoms with Gasteiger partial charge in [0.05, 0.1) is 18.1 Å². The van der Waals surface area contributed by atoms with Crippen LogP contribution in [0.5, 0.6) is 5.75 Å². The van der Waals surface area contributed by atoms with Gasteiger partial charge in [0.2, 0.25) is 5.91 Å². The minimum absolute atomic E-state index is 0.0600. The standard InChI is InChI=1S/C21H28N4O3/c1-15(2)11-17-5-7-19(8-6-17)28-14-21(27)25(16(3)4)13-20(26)24-18-9-10-22-23-12-18/h5-10,12,15-16H,11,13-14H2,1-4H3,(H,22,24,26). The predicted molar refractivity (Wildman–Crippen MR) is 108 cm³/mol. The Morgan fingerprint density at radius 1 is 1.07 bits per heavy atom. The summed E-state index contributed by atoms with van der Waals surface area (Å²) >= 11 is 0. The summed E-state index contributed by atoms with van der Waals surface area (Å²) in [5, 5.41) is 10.1. The summed E-state index contributed by atoms with van der Waals surface area (Å²) < 4.78 is 5.62. The maximum Gasteiger partial charge on any atom is 0.261 e. The molecule has 0 saturated heterocycles. The van der Waals surface area contributed by atoms with E-state index in [1.54, 1.807) is 6.07 Å². The SMILES string of the molecule is CC(C)Cc1ccc(OCC(=O)N(CC(=O)Nc2ccnnc2)C(C)C)cc1. The van der Waals surface area contributed by atoms with Crippen LogP contribution in [0.25, 0.3) is 0 Å². The Morgan fingerprint density at radius 3 is 2.36 bits per heavy atom. The maximum absolute atomic E-state index is 12.6. The molecular formula is C21H28N4O3. The van der Waals surface area contributed by atoms with Crippen LogP contribution in [0.15, 0.2) is 42.7 Å². The third kappa shape index (κ3) is 6.98. The van der Waals surface area contributed by atoms with Crippen LogP contribution in [-0.4, -0.2) is 46.1 Å². The fourth-order valence-electron chi connectivity index (χ4n) is 2.70. The molecule has 0 aliphatic rings. The first kappa shape index (κ1) is 21.3. The van der Waals surface area contributed by atoms with Crippen LogP contribution in [-0.2, 0) is 16.0 Å². The highest BCUT2D eigenvalue weighted by molar-refractivity contribution is 5.94. The third-order valence-corrected chi connectivity index (χ3v) is 4.06. The summed E-state index contributed by atoms with van der Waals surface area (Å²) in [7, 11) is 0. The van der Waals surface area contributed by atoms with E-state index >= 15 is 0 Å². The summed E-state index contributed by atoms with van der Waals surface area (Å²) in [4.78, 5) is 26.3. The minimum Gasteiger partial charge on any atom is -0.484 e. The van der Waals surface area contributed by atoms with E-state index in [-0.39, 0.29) is 31.0 Å². The van der Waals surface area contributed by atoms with Crippen LogP contribution in [0.1, 0.15) is 33.3 Å². The Hall–Kier alpha value is -2.96. The number of nitrogens with zero attached hydrogens (tertiary/aromatic N) is 3. The molecule has 0 atom stereocenters. The highest BCUT2D eigenvalue weighted by atomic mass is 16.5. The number of rotatable bonds is 9. The van der Waals surface area contributed by atoms with Gasteiger partial charge in [-0.3, -0.25) is 9.59 Å². The van der Waals surface area contributed by atoms with E-state index in [0.717, 1.165) is 6.42 Å². The van der Waals surface area contributed by atoms with Crippen LogP contribution < -0.4 is 10.1 Å². The monoisotopic (exact) mass is 384 g/mol. The molecule has 7 heteroatoms. The molecule has 2 rings (SSSR count). The largest absolute Gasteiger partial charge is 0.484 e. The molecule has 0 aliphatic carbocycles. The molecule has 1 aromatic heterocycles. The van der Waals surface area contributed by atoms with Crippen molar-refractivity contribution >= 4 is 17.5 Å². The second-order valence-corrected chi connectivity index (χ2v) is 7.33. The number of carbonyl (C=O) groups excluding carboxylic acids is 2. The van der Waals surface area contributed by atoms with Crippen molar-refractivity contribution in [1.29, 1.82) is 0 Å². The molecule has 150 valence electrons. The van der Waals surface area contributed by atoms with Crippen LogP contribution in [0, 0.1) is 5.92 Å². The molecule has 0 spiro atoms. The second kappa shape index (κ2) is 10.4. The number of carbonyl (C=O) groups is 2. The van der Waals surface area contributed by atoms with E-state index in [9.17, 15) is 9.59 Å². The molecule has 1 N–H and O–H groups in total. The average Bonchev–Trinajstić information content (AvgIpc) is 2.65. The Labute approximate surface area is 166 Å². The first-order chi connectivity index (χ1) is 13.3. The quantitative estimate of drug-likeness (QED) is 0.719. The van der Waals surface area contributed by atoms with Crippen molar-refractivity contribution in [1.82, 2.24) is 15.1 Å². The predicted octanol–water partition coefficient (Wildman–Crippen LogP) is 2.93. The summed E-state index contributed by atoms with van der Waals surface area (Å²) in [6.45, 7) is 7.89. The fourth-order valence-corrected chi connectivity index (χ4v) is 2.70. The van der Waals surface area contributed by atoms with E-state index in [1.807, 2.05) is 38.1 Å². The lowest BCUT2D eigenvalue weighted by Crippen LogP contribution is -2.44. The van der Waals surface area contributed by atoms with Gasteiger partial charge in [0.25, 0.3) is 5.91 Å². The Balaban J connectivity index is 1.89. The smallest absolute Gasteiger partial charge is 0.261 e. The molecule has 0 unspecified atom stereocenters. The zero-order chi connectivity index (χ0) is 20.5. The summed E-state index contributed by atoms with van der Waals surface area (Å²) in [5.41, 5.74) is 1.77. The van der Waals surface area contributed by atoms with Gasteiger partial charge in [0, 0.05) is 6.04 Å². The van der Waals surface area contributed by atoms with Crippen molar-refractivity contribution < 1.29 is 14.3 Å². The van der Waals surface area contributed by atoms with E-state index in [1.165, 1.54) is 22.9 Å². The molecular weight excluding hydrogens is 356 g/mol. The number of hydrogen-bond donors (Lipinski definition) is 1. The van der Waals surface area contributed by atoms with Crippen molar-refractivity contribution in [2.75, 3.05) is 18.5 Å². The topological polar surface area (TPSA) is 84.4 Å². The van der Waals surface area contributed by atoms with Gasteiger partial charge in [0.15, 0.2) is 6.61 Å². The Bertz CT molecular complexity index is 761. The van der Waals surface area contributed by atoms with Crippen molar-refractivity contribution in [2.45, 2.75) is 40.2 Å². The molecule has 1 heterocycles. The van der Waals surface area contributed by atoms with Crippen LogP contribution >= 0.6 is 0 Å². The van der Waals surface area contributed by atoms with Crippen molar-refractivity contribution in [2.24, 2.45) is 5.92 Å². The lowest BCUT2D eigenvalue weighted by atomic mass is 10.0. The molecule has 1 aromatic carbocycles. The molecule has 0 saturated carbocycles. The molecule has 7 nitrogen and oxygen atoms in total. The van der Waals surface area contributed by atoms with Gasteiger partial charge in [0.1, 0.15) is 12.3 Å². The Morgan fingerprint density at radius 2 is 1.79 bits per heavy atom. The van der Waals surface area contributed by atoms with E-state index < -0.39 is 0 Å². The third-order valence-electron chi connectivity index (χ3n) is 4.06. The number of benzene rings is 1. The summed E-state index contributed by atoms with van der Waals surface area (Å²) in [5.74, 6) is 0.677. The number of aromatic nitrogens is 2. The van der Waals surface area contributed by atoms with Gasteiger partial charge < -0.3 is 15.0 Å². The van der Waals surface area contributed by atoms with Crippen molar-refractivity contribution in [3.63, 3.8) is 0 Å². The van der Waals surface area contributed by atoms with Gasteiger partial charge >= 0.3 is 0 Å². The normalized spacial score (nSPS) is 10.8. The first-order valence-corrected chi connectivity index (χ1v) is 9.43. The lowest BCUT2D eigenvalue weighted by molar-refractivity contribution is -0.138. The number of hydrogen-bond acceptors (Lipinski definition) is 5. The number of ether oxygens (including phenoxy) is 1. The molecule has 2 aromatic rings. The molecule has 0 fully saturated rings. The van der Waals surface area contributed by atoms with Gasteiger partial charge in [-0.25, -0.2) is 0 Å². The zero-order valence-electron chi connectivity index (χ0n) is 16.9. The number of anilines is 1. The number of nitrogens with one attached hydrogen (secondary N) is 1. The van der Waals surface area contributed by atoms with Gasteiger partial charge in [-0.05, 0) is 49.9 Å². The zero-order valence-corrected chi connectivity index (χ0v) is 16.9. The van der Waals surface area contributed by atoms with Gasteiger partial charge in [-0.2, -0.15) is 10.2 Å². The van der Waals surface area contributed by atoms with E-state index in [4.69, 9.17) is 4.74 Å². The molecule has 0 bridgehead atoms. The number of amides is 2. The van der Waals surface area contributed by atoms with Crippen molar-refractivity contribution in [3.05, 3.63) is 48.3 Å². The second-order valence-electron chi connectivity index (χ2n) is 7.33. The van der Waals surface area contributed by atoms with Crippen LogP contribution in [0.4, 0.5) is 5.69 Å². The van der Waals surface area contributed by atoms with E-state index in [2.05, 4.69) is 29.4 Å². The highest BCUT2D eigenvalue weighted by Crippen LogP contribution is 2.15. The summed E-state index contributed by atoms with van der Waals surface area (Å²) in [6, 6.07) is 9.26. The minimum atomic E-state index is -0.298. The van der Waals surface area contributed by atoms with Crippen LogP contribution in [0.3, 0.4) is 0 Å². The van der Waals surface area contributed by atoms with Crippen LogP contribution in [0.2, 0.25) is 0 Å². The summed E-state index contributed by atoms with van der Waals surface area (Å²) in [6.07, 6.45) is 3.94. The Kier molecular flexibility index (Phi) is 7.92. The average molecular weight is 384 g/mol. The van der Waals surface area contributed by atoms with Gasteiger partial charge in [-0.1, -0.05) is 26.0 Å². The molecule has 0 radical (unpaired) electrons. The molecule has 28 heavy (non-hydrogen) atoms.